The fourth-order valence-electron chi connectivity index (χ4n) is 3.00. The summed E-state index contributed by atoms with van der Waals surface area (Å²) >= 11 is 1.46. The molecule has 0 aliphatic carbocycles. The maximum Gasteiger partial charge on any atom is 0.331 e. The number of ether oxygens (including phenoxy) is 1. The Balaban J connectivity index is 1.66. The van der Waals surface area contributed by atoms with Crippen molar-refractivity contribution in [3.05, 3.63) is 54.5 Å². The first-order valence-corrected chi connectivity index (χ1v) is 11.8. The van der Waals surface area contributed by atoms with Gasteiger partial charge < -0.3 is 10.1 Å². The number of fused-ring (bicyclic) bond motifs is 1. The third-order valence-electron chi connectivity index (χ3n) is 4.53. The van der Waals surface area contributed by atoms with Crippen molar-refractivity contribution in [1.29, 1.82) is 0 Å². The molecule has 1 aliphatic rings. The van der Waals surface area contributed by atoms with E-state index in [0.29, 0.717) is 28.0 Å². The summed E-state index contributed by atoms with van der Waals surface area (Å²) in [5, 5.41) is 5.60. The molecule has 0 bridgehead atoms. The van der Waals surface area contributed by atoms with Crippen LogP contribution in [0.25, 0.3) is 10.8 Å². The summed E-state index contributed by atoms with van der Waals surface area (Å²) in [4.78, 5) is 25.4. The number of benzene rings is 1. The molecular formula is C20H18N4O4S2. The SMILES string of the molecule is COC(=O)C1CSC(c2nccc3cnc(Nc4ccc(S(C)(=O)=O)cc4)cc23)=N1. The van der Waals surface area contributed by atoms with E-state index in [1.807, 2.05) is 12.1 Å². The lowest BCUT2D eigenvalue weighted by molar-refractivity contribution is -0.141. The van der Waals surface area contributed by atoms with Crippen LogP contribution in [-0.2, 0) is 19.4 Å². The van der Waals surface area contributed by atoms with E-state index in [0.717, 1.165) is 10.8 Å². The zero-order valence-corrected chi connectivity index (χ0v) is 17.8. The number of thioether (sulfide) groups is 1. The average Bonchev–Trinajstić information content (AvgIpc) is 3.22. The molecule has 4 rings (SSSR count). The minimum absolute atomic E-state index is 0.252. The summed E-state index contributed by atoms with van der Waals surface area (Å²) < 4.78 is 28.0. The molecule has 1 aromatic carbocycles. The molecule has 10 heteroatoms. The number of hydrogen-bond donors (Lipinski definition) is 1. The maximum absolute atomic E-state index is 11.8. The Morgan fingerprint density at radius 1 is 1.20 bits per heavy atom. The largest absolute Gasteiger partial charge is 0.467 e. The second kappa shape index (κ2) is 8.04. The van der Waals surface area contributed by atoms with Crippen LogP contribution in [0.15, 0.2) is 58.7 Å². The number of rotatable bonds is 5. The number of carbonyl (C=O) groups excluding carboxylic acids is 1. The van der Waals surface area contributed by atoms with Gasteiger partial charge in [-0.3, -0.25) is 9.98 Å². The summed E-state index contributed by atoms with van der Waals surface area (Å²) in [6.45, 7) is 0. The van der Waals surface area contributed by atoms with Crippen molar-refractivity contribution < 1.29 is 17.9 Å². The second-order valence-electron chi connectivity index (χ2n) is 6.66. The molecule has 0 radical (unpaired) electrons. The van der Waals surface area contributed by atoms with Crippen LogP contribution >= 0.6 is 11.8 Å². The lowest BCUT2D eigenvalue weighted by atomic mass is 10.1. The van der Waals surface area contributed by atoms with Crippen molar-refractivity contribution in [3.63, 3.8) is 0 Å². The highest BCUT2D eigenvalue weighted by Gasteiger charge is 2.27. The number of methoxy groups -OCH3 is 1. The third kappa shape index (κ3) is 4.14. The van der Waals surface area contributed by atoms with Crippen molar-refractivity contribution in [1.82, 2.24) is 9.97 Å². The van der Waals surface area contributed by atoms with Gasteiger partial charge in [-0.1, -0.05) is 0 Å². The Hall–Kier alpha value is -2.98. The highest BCUT2D eigenvalue weighted by Crippen LogP contribution is 2.29. The van der Waals surface area contributed by atoms with Crippen LogP contribution in [0.4, 0.5) is 11.5 Å². The number of esters is 1. The smallest absolute Gasteiger partial charge is 0.331 e. The van der Waals surface area contributed by atoms with Gasteiger partial charge in [0.2, 0.25) is 0 Å². The normalized spacial score (nSPS) is 16.3. The summed E-state index contributed by atoms with van der Waals surface area (Å²) in [5.41, 5.74) is 1.39. The highest BCUT2D eigenvalue weighted by atomic mass is 32.2. The Bertz CT molecular complexity index is 1260. The number of nitrogens with zero attached hydrogens (tertiary/aromatic N) is 3. The molecule has 3 heterocycles. The lowest BCUT2D eigenvalue weighted by Crippen LogP contribution is -2.19. The number of hydrogen-bond acceptors (Lipinski definition) is 9. The number of aliphatic imine (C=N–C) groups is 1. The van der Waals surface area contributed by atoms with E-state index in [-0.39, 0.29) is 10.9 Å². The minimum atomic E-state index is -3.25. The molecule has 0 saturated heterocycles. The van der Waals surface area contributed by atoms with Gasteiger partial charge in [-0.15, -0.1) is 11.8 Å². The molecule has 2 aromatic heterocycles. The van der Waals surface area contributed by atoms with Crippen LogP contribution in [0.5, 0.6) is 0 Å². The second-order valence-corrected chi connectivity index (χ2v) is 9.68. The number of carbonyl (C=O) groups is 1. The molecule has 30 heavy (non-hydrogen) atoms. The van der Waals surface area contributed by atoms with Gasteiger partial charge in [0.25, 0.3) is 0 Å². The monoisotopic (exact) mass is 442 g/mol. The molecule has 8 nitrogen and oxygen atoms in total. The maximum atomic E-state index is 11.8. The third-order valence-corrected chi connectivity index (χ3v) is 6.71. The van der Waals surface area contributed by atoms with Crippen molar-refractivity contribution >= 4 is 54.9 Å². The van der Waals surface area contributed by atoms with Gasteiger partial charge in [-0.25, -0.2) is 18.2 Å². The molecule has 1 unspecified atom stereocenters. The topological polar surface area (TPSA) is 111 Å². The quantitative estimate of drug-likeness (QED) is 0.601. The fourth-order valence-corrected chi connectivity index (χ4v) is 4.66. The van der Waals surface area contributed by atoms with Gasteiger partial charge in [-0.2, -0.15) is 0 Å². The Labute approximate surface area is 177 Å². The molecule has 0 fully saturated rings. The molecular weight excluding hydrogens is 424 g/mol. The summed E-state index contributed by atoms with van der Waals surface area (Å²) in [6.07, 6.45) is 4.58. The van der Waals surface area contributed by atoms with Crippen LogP contribution in [-0.4, -0.2) is 54.6 Å². The minimum Gasteiger partial charge on any atom is -0.467 e. The fraction of sp³-hybridized carbons (Fsp3) is 0.200. The number of aromatic nitrogens is 2. The van der Waals surface area contributed by atoms with E-state index in [2.05, 4.69) is 20.3 Å². The van der Waals surface area contributed by atoms with Crippen LogP contribution in [0, 0.1) is 0 Å². The molecule has 0 spiro atoms. The molecule has 154 valence electrons. The van der Waals surface area contributed by atoms with Crippen molar-refractivity contribution in [2.75, 3.05) is 24.4 Å². The van der Waals surface area contributed by atoms with Crippen LogP contribution in [0.2, 0.25) is 0 Å². The first-order chi connectivity index (χ1) is 14.3. The van der Waals surface area contributed by atoms with Gasteiger partial charge in [0.15, 0.2) is 15.9 Å². The van der Waals surface area contributed by atoms with Gasteiger partial charge >= 0.3 is 5.97 Å². The predicted octanol–water partition coefficient (Wildman–Crippen LogP) is 2.81. The molecule has 1 aliphatic heterocycles. The Kier molecular flexibility index (Phi) is 5.44. The number of sulfone groups is 1. The zero-order valence-electron chi connectivity index (χ0n) is 16.2. The Morgan fingerprint density at radius 2 is 1.97 bits per heavy atom. The van der Waals surface area contributed by atoms with E-state index in [4.69, 9.17) is 4.74 Å². The average molecular weight is 443 g/mol. The highest BCUT2D eigenvalue weighted by molar-refractivity contribution is 8.14. The van der Waals surface area contributed by atoms with E-state index < -0.39 is 15.9 Å². The van der Waals surface area contributed by atoms with Crippen molar-refractivity contribution in [3.8, 4) is 0 Å². The van der Waals surface area contributed by atoms with Crippen LogP contribution in [0.3, 0.4) is 0 Å². The molecule has 1 N–H and O–H groups in total. The van der Waals surface area contributed by atoms with E-state index in [9.17, 15) is 13.2 Å². The van der Waals surface area contributed by atoms with Gasteiger partial charge in [-0.05, 0) is 36.4 Å². The molecule has 0 saturated carbocycles. The number of anilines is 2. The van der Waals surface area contributed by atoms with Crippen molar-refractivity contribution in [2.24, 2.45) is 4.99 Å². The van der Waals surface area contributed by atoms with Crippen LogP contribution in [0.1, 0.15) is 5.69 Å². The van der Waals surface area contributed by atoms with Gasteiger partial charge in [0, 0.05) is 40.9 Å². The van der Waals surface area contributed by atoms with Gasteiger partial charge in [0.05, 0.1) is 12.0 Å². The lowest BCUT2D eigenvalue weighted by Gasteiger charge is -2.09. The van der Waals surface area contributed by atoms with E-state index in [1.54, 1.807) is 36.7 Å². The number of pyridine rings is 2. The van der Waals surface area contributed by atoms with Crippen molar-refractivity contribution in [2.45, 2.75) is 10.9 Å². The number of nitrogens with one attached hydrogen (secondary N) is 1. The first-order valence-electron chi connectivity index (χ1n) is 8.96. The molecule has 0 amide bonds. The molecule has 1 atom stereocenters. The molecule has 3 aromatic rings. The van der Waals surface area contributed by atoms with E-state index in [1.165, 1.54) is 25.1 Å². The first kappa shape index (κ1) is 20.3. The summed E-state index contributed by atoms with van der Waals surface area (Å²) in [7, 11) is -1.90. The summed E-state index contributed by atoms with van der Waals surface area (Å²) in [6, 6.07) is 9.64. The standard InChI is InChI=1S/C20H18N4O4S2/c1-28-20(25)16-11-29-19(24-16)18-15-9-17(22-10-12(15)7-8-21-18)23-13-3-5-14(6-4-13)30(2,26)27/h3-10,16H,11H2,1-2H3,(H,22,23). The zero-order chi connectivity index (χ0) is 21.3. The van der Waals surface area contributed by atoms with E-state index >= 15 is 0 Å². The summed E-state index contributed by atoms with van der Waals surface area (Å²) in [5.74, 6) is 0.736. The van der Waals surface area contributed by atoms with Crippen LogP contribution < -0.4 is 5.32 Å². The predicted molar refractivity (Wildman–Crippen MR) is 117 cm³/mol. The van der Waals surface area contributed by atoms with Gasteiger partial charge in [0.1, 0.15) is 16.6 Å². The Morgan fingerprint density at radius 3 is 2.67 bits per heavy atom.